The number of rotatable bonds is 4. The minimum atomic E-state index is -0.175. The summed E-state index contributed by atoms with van der Waals surface area (Å²) >= 11 is 0. The fourth-order valence-electron chi connectivity index (χ4n) is 2.56. The molecule has 1 saturated heterocycles. The Hall–Kier alpha value is -1.83. The van der Waals surface area contributed by atoms with E-state index in [1.165, 1.54) is 12.8 Å². The summed E-state index contributed by atoms with van der Waals surface area (Å²) in [4.78, 5) is 14.5. The van der Waals surface area contributed by atoms with Crippen molar-refractivity contribution in [1.29, 1.82) is 0 Å². The van der Waals surface area contributed by atoms with Gasteiger partial charge in [0.05, 0.1) is 0 Å². The number of nitrogens with one attached hydrogen (secondary N) is 1. The number of benzene rings is 1. The molecule has 1 aliphatic heterocycles. The molecule has 0 bridgehead atoms. The SMILES string of the molecule is Cc1cc(C#CCO)cc(C(=O)NCCN2CCCC2)c1. The molecule has 2 N–H and O–H groups in total. The van der Waals surface area contributed by atoms with Crippen LogP contribution in [0.5, 0.6) is 0 Å². The average Bonchev–Trinajstić information content (AvgIpc) is 2.97. The zero-order chi connectivity index (χ0) is 15.1. The lowest BCUT2D eigenvalue weighted by molar-refractivity contribution is 0.0949. The molecule has 1 aromatic carbocycles. The molecule has 1 fully saturated rings. The lowest BCUT2D eigenvalue weighted by Crippen LogP contribution is -2.33. The lowest BCUT2D eigenvalue weighted by atomic mass is 10.1. The zero-order valence-corrected chi connectivity index (χ0v) is 12.5. The molecule has 0 saturated carbocycles. The van der Waals surface area contributed by atoms with Crippen LogP contribution in [0.25, 0.3) is 0 Å². The second-order valence-electron chi connectivity index (χ2n) is 5.35. The Morgan fingerprint density at radius 3 is 2.81 bits per heavy atom. The molecule has 0 radical (unpaired) electrons. The normalized spacial score (nSPS) is 14.6. The monoisotopic (exact) mass is 286 g/mol. The summed E-state index contributed by atoms with van der Waals surface area (Å²) in [5.41, 5.74) is 2.37. The van der Waals surface area contributed by atoms with E-state index < -0.39 is 0 Å². The van der Waals surface area contributed by atoms with E-state index in [1.807, 2.05) is 19.1 Å². The maximum absolute atomic E-state index is 12.2. The molecule has 2 rings (SSSR count). The maximum atomic E-state index is 12.2. The standard InChI is InChI=1S/C17H22N2O2/c1-14-11-15(5-4-10-20)13-16(12-14)17(21)18-6-9-19-7-2-3-8-19/h11-13,20H,2-3,6-10H2,1H3,(H,18,21). The highest BCUT2D eigenvalue weighted by Gasteiger charge is 2.12. The van der Waals surface area contributed by atoms with Crippen LogP contribution in [0.3, 0.4) is 0 Å². The van der Waals surface area contributed by atoms with Gasteiger partial charge in [-0.2, -0.15) is 0 Å². The van der Waals surface area contributed by atoms with Gasteiger partial charge in [-0.1, -0.05) is 11.8 Å². The number of aryl methyl sites for hydroxylation is 1. The Morgan fingerprint density at radius 1 is 1.33 bits per heavy atom. The van der Waals surface area contributed by atoms with Gasteiger partial charge in [-0.05, 0) is 56.6 Å². The number of aliphatic hydroxyl groups excluding tert-OH is 1. The summed E-state index contributed by atoms with van der Waals surface area (Å²) < 4.78 is 0. The Kier molecular flexibility index (Phi) is 5.79. The van der Waals surface area contributed by atoms with Crippen molar-refractivity contribution in [3.8, 4) is 11.8 Å². The predicted molar refractivity (Wildman–Crippen MR) is 83.2 cm³/mol. The summed E-state index contributed by atoms with van der Waals surface area (Å²) in [6.45, 7) is 5.62. The van der Waals surface area contributed by atoms with E-state index in [4.69, 9.17) is 5.11 Å². The molecule has 0 atom stereocenters. The summed E-state index contributed by atoms with van der Waals surface area (Å²) in [5.74, 6) is 5.38. The van der Waals surface area contributed by atoms with E-state index in [0.29, 0.717) is 12.1 Å². The molecule has 1 aliphatic rings. The number of amides is 1. The molecule has 1 heterocycles. The Balaban J connectivity index is 1.93. The first-order chi connectivity index (χ1) is 10.2. The number of nitrogens with zero attached hydrogens (tertiary/aromatic N) is 1. The molecule has 4 nitrogen and oxygen atoms in total. The fourth-order valence-corrected chi connectivity index (χ4v) is 2.56. The molecule has 1 amide bonds. The third kappa shape index (κ3) is 4.89. The van der Waals surface area contributed by atoms with Crippen molar-refractivity contribution in [3.05, 3.63) is 34.9 Å². The van der Waals surface area contributed by atoms with Crippen LogP contribution in [0.15, 0.2) is 18.2 Å². The number of hydrogen-bond donors (Lipinski definition) is 2. The first-order valence-electron chi connectivity index (χ1n) is 7.41. The van der Waals surface area contributed by atoms with Gasteiger partial charge in [0.15, 0.2) is 0 Å². The minimum Gasteiger partial charge on any atom is -0.384 e. The van der Waals surface area contributed by atoms with E-state index >= 15 is 0 Å². The van der Waals surface area contributed by atoms with Crippen molar-refractivity contribution in [3.63, 3.8) is 0 Å². The van der Waals surface area contributed by atoms with Crippen LogP contribution in [0.2, 0.25) is 0 Å². The van der Waals surface area contributed by atoms with Gasteiger partial charge in [0.2, 0.25) is 0 Å². The van der Waals surface area contributed by atoms with Gasteiger partial charge in [-0.3, -0.25) is 4.79 Å². The largest absolute Gasteiger partial charge is 0.384 e. The molecule has 1 aromatic rings. The summed E-state index contributed by atoms with van der Waals surface area (Å²) in [7, 11) is 0. The van der Waals surface area contributed by atoms with Crippen LogP contribution in [-0.2, 0) is 0 Å². The quantitative estimate of drug-likeness (QED) is 0.817. The van der Waals surface area contributed by atoms with E-state index in [9.17, 15) is 4.79 Å². The van der Waals surface area contributed by atoms with Gasteiger partial charge >= 0.3 is 0 Å². The number of likely N-dealkylation sites (tertiary alicyclic amines) is 1. The van der Waals surface area contributed by atoms with Crippen LogP contribution in [0.4, 0.5) is 0 Å². The number of hydrogen-bond acceptors (Lipinski definition) is 3. The Morgan fingerprint density at radius 2 is 2.10 bits per heavy atom. The third-order valence-corrected chi connectivity index (χ3v) is 3.56. The highest BCUT2D eigenvalue weighted by Crippen LogP contribution is 2.09. The Bertz CT molecular complexity index is 552. The topological polar surface area (TPSA) is 52.6 Å². The van der Waals surface area contributed by atoms with Crippen molar-refractivity contribution in [2.75, 3.05) is 32.8 Å². The van der Waals surface area contributed by atoms with E-state index in [0.717, 1.165) is 30.8 Å². The third-order valence-electron chi connectivity index (χ3n) is 3.56. The molecule has 0 unspecified atom stereocenters. The average molecular weight is 286 g/mol. The van der Waals surface area contributed by atoms with Crippen LogP contribution in [0, 0.1) is 18.8 Å². The van der Waals surface area contributed by atoms with Gasteiger partial charge in [0, 0.05) is 24.2 Å². The first-order valence-corrected chi connectivity index (χ1v) is 7.41. The van der Waals surface area contributed by atoms with Crippen LogP contribution in [-0.4, -0.2) is 48.7 Å². The number of aliphatic hydroxyl groups is 1. The Labute approximate surface area is 126 Å². The number of carbonyl (C=O) groups excluding carboxylic acids is 1. The van der Waals surface area contributed by atoms with Gasteiger partial charge in [0.25, 0.3) is 5.91 Å². The van der Waals surface area contributed by atoms with Crippen LogP contribution < -0.4 is 5.32 Å². The lowest BCUT2D eigenvalue weighted by Gasteiger charge is -2.14. The zero-order valence-electron chi connectivity index (χ0n) is 12.5. The molecule has 0 aliphatic carbocycles. The smallest absolute Gasteiger partial charge is 0.251 e. The summed E-state index contributed by atoms with van der Waals surface area (Å²) in [5, 5.41) is 11.7. The maximum Gasteiger partial charge on any atom is 0.251 e. The number of carbonyl (C=O) groups is 1. The van der Waals surface area contributed by atoms with E-state index in [1.54, 1.807) is 6.07 Å². The van der Waals surface area contributed by atoms with Crippen molar-refractivity contribution >= 4 is 5.91 Å². The molecular formula is C17H22N2O2. The summed E-state index contributed by atoms with van der Waals surface area (Å²) in [6, 6.07) is 5.53. The minimum absolute atomic E-state index is 0.0649. The van der Waals surface area contributed by atoms with Gasteiger partial charge in [-0.15, -0.1) is 0 Å². The van der Waals surface area contributed by atoms with Gasteiger partial charge in [-0.25, -0.2) is 0 Å². The van der Waals surface area contributed by atoms with Crippen molar-refractivity contribution < 1.29 is 9.90 Å². The molecule has 0 aromatic heterocycles. The highest BCUT2D eigenvalue weighted by atomic mass is 16.2. The van der Waals surface area contributed by atoms with Crippen molar-refractivity contribution in [2.45, 2.75) is 19.8 Å². The van der Waals surface area contributed by atoms with Crippen LogP contribution in [0.1, 0.15) is 34.3 Å². The van der Waals surface area contributed by atoms with Gasteiger partial charge < -0.3 is 15.3 Å². The first kappa shape index (κ1) is 15.6. The fraction of sp³-hybridized carbons (Fsp3) is 0.471. The molecular weight excluding hydrogens is 264 g/mol. The van der Waals surface area contributed by atoms with Crippen LogP contribution >= 0.6 is 0 Å². The van der Waals surface area contributed by atoms with E-state index in [2.05, 4.69) is 22.1 Å². The van der Waals surface area contributed by atoms with Crippen molar-refractivity contribution in [2.24, 2.45) is 0 Å². The molecule has 112 valence electrons. The predicted octanol–water partition coefficient (Wildman–Crippen LogP) is 1.16. The second kappa shape index (κ2) is 7.82. The second-order valence-corrected chi connectivity index (χ2v) is 5.35. The highest BCUT2D eigenvalue weighted by molar-refractivity contribution is 5.94. The summed E-state index contributed by atoms with van der Waals surface area (Å²) in [6.07, 6.45) is 2.53. The molecule has 21 heavy (non-hydrogen) atoms. The molecule has 0 spiro atoms. The van der Waals surface area contributed by atoms with E-state index in [-0.39, 0.29) is 12.5 Å². The van der Waals surface area contributed by atoms with Crippen molar-refractivity contribution in [1.82, 2.24) is 10.2 Å². The van der Waals surface area contributed by atoms with Gasteiger partial charge in [0.1, 0.15) is 6.61 Å². The molecule has 4 heteroatoms.